The van der Waals surface area contributed by atoms with Crippen molar-refractivity contribution in [2.45, 2.75) is 13.8 Å². The van der Waals surface area contributed by atoms with Crippen molar-refractivity contribution in [1.82, 2.24) is 4.90 Å². The number of hydrogen-bond acceptors (Lipinski definition) is 3. The molecule has 5 heteroatoms. The van der Waals surface area contributed by atoms with Gasteiger partial charge in [0.15, 0.2) is 0 Å². The molecule has 0 unspecified atom stereocenters. The number of likely N-dealkylation sites (N-methyl/N-ethyl adjacent to an activating group) is 1. The van der Waals surface area contributed by atoms with Gasteiger partial charge in [-0.2, -0.15) is 0 Å². The first-order chi connectivity index (χ1) is 8.77. The summed E-state index contributed by atoms with van der Waals surface area (Å²) in [5, 5.41) is 9.51. The van der Waals surface area contributed by atoms with E-state index >= 15 is 0 Å². The van der Waals surface area contributed by atoms with Gasteiger partial charge in [-0.1, -0.05) is 26.0 Å². The second-order valence-corrected chi connectivity index (χ2v) is 3.62. The Morgan fingerprint density at radius 3 is 2.44 bits per heavy atom. The van der Waals surface area contributed by atoms with Gasteiger partial charge in [-0.25, -0.2) is 0 Å². The number of halogens is 1. The molecule has 0 aliphatic rings. The van der Waals surface area contributed by atoms with E-state index in [1.165, 1.54) is 0 Å². The second-order valence-electron chi connectivity index (χ2n) is 3.62. The van der Waals surface area contributed by atoms with E-state index in [1.807, 2.05) is 18.2 Å². The predicted molar refractivity (Wildman–Crippen MR) is 77.3 cm³/mol. The fourth-order valence-corrected chi connectivity index (χ4v) is 1.50. The molecular formula is C13H20BrCuN2O+. The third kappa shape index (κ3) is 7.17. The number of para-hydroxylation sites is 1. The number of rotatable bonds is 6. The molecular weight excluding hydrogens is 344 g/mol. The van der Waals surface area contributed by atoms with Crippen LogP contribution in [0.4, 0.5) is 0 Å². The van der Waals surface area contributed by atoms with Gasteiger partial charge in [0.2, 0.25) is 0 Å². The first-order valence-electron chi connectivity index (χ1n) is 5.89. The van der Waals surface area contributed by atoms with E-state index < -0.39 is 0 Å². The number of phenolic OH excluding ortho intramolecular Hbond substituents is 1. The number of benzene rings is 1. The summed E-state index contributed by atoms with van der Waals surface area (Å²) in [5.74, 6) is 0.286. The van der Waals surface area contributed by atoms with Gasteiger partial charge in [0.25, 0.3) is 0 Å². The van der Waals surface area contributed by atoms with E-state index in [9.17, 15) is 5.11 Å². The first-order valence-corrected chi connectivity index (χ1v) is 8.22. The monoisotopic (exact) mass is 362 g/mol. The van der Waals surface area contributed by atoms with Gasteiger partial charge in [-0.15, -0.1) is 0 Å². The molecule has 1 rings (SSSR count). The summed E-state index contributed by atoms with van der Waals surface area (Å²) in [6, 6.07) is 7.23. The molecule has 1 aromatic carbocycles. The third-order valence-corrected chi connectivity index (χ3v) is 2.61. The summed E-state index contributed by atoms with van der Waals surface area (Å²) in [4.78, 5) is 6.63. The standard InChI is InChI=1S/C13H20N2O.BrH.Cu/c1-3-15(4-2)10-9-14-11-12-7-5-6-8-13(12)16;;/h5-8,11,16H,3-4,9-10H2,1-2H3;1H;/q;;+2/p-1. The molecule has 1 aromatic rings. The molecule has 0 aliphatic carbocycles. The molecule has 0 aliphatic heterocycles. The molecule has 105 valence electrons. The molecule has 18 heavy (non-hydrogen) atoms. The first kappa shape index (κ1) is 17.6. The fourth-order valence-electron chi connectivity index (χ4n) is 1.50. The topological polar surface area (TPSA) is 35.8 Å². The van der Waals surface area contributed by atoms with Crippen molar-refractivity contribution >= 4 is 20.3 Å². The zero-order valence-corrected chi connectivity index (χ0v) is 13.3. The Bertz CT molecular complexity index is 344. The van der Waals surface area contributed by atoms with Crippen molar-refractivity contribution in [3.05, 3.63) is 29.8 Å². The maximum atomic E-state index is 9.51. The van der Waals surface area contributed by atoms with Crippen LogP contribution in [0, 0.1) is 0 Å². The summed E-state index contributed by atoms with van der Waals surface area (Å²) in [6.45, 7) is 8.16. The van der Waals surface area contributed by atoms with Crippen molar-refractivity contribution in [3.63, 3.8) is 0 Å². The minimum atomic E-state index is 0.286. The zero-order chi connectivity index (χ0) is 13.8. The molecule has 3 nitrogen and oxygen atoms in total. The van der Waals surface area contributed by atoms with E-state index in [-0.39, 0.29) is 5.75 Å². The molecule has 0 bridgehead atoms. The molecule has 0 fully saturated rings. The van der Waals surface area contributed by atoms with Gasteiger partial charge in [0.05, 0.1) is 6.54 Å². The van der Waals surface area contributed by atoms with Crippen LogP contribution in [0.1, 0.15) is 19.4 Å². The van der Waals surface area contributed by atoms with E-state index in [1.54, 1.807) is 12.3 Å². The summed E-state index contributed by atoms with van der Waals surface area (Å²) in [6.07, 6.45) is 1.73. The number of phenols is 1. The third-order valence-electron chi connectivity index (χ3n) is 2.61. The van der Waals surface area contributed by atoms with Crippen LogP contribution in [0.15, 0.2) is 29.3 Å². The number of nitrogens with zero attached hydrogens (tertiary/aromatic N) is 2. The Hall–Kier alpha value is -0.351. The SMILES string of the molecule is CCN(CC)CCN=Cc1ccccc1O.[Cu+][Br]. The van der Waals surface area contributed by atoms with Crippen LogP contribution < -0.4 is 0 Å². The van der Waals surface area contributed by atoms with Crippen LogP contribution in [-0.4, -0.2) is 42.4 Å². The van der Waals surface area contributed by atoms with Gasteiger partial charge >= 0.3 is 28.3 Å². The normalized spacial score (nSPS) is 10.6. The molecule has 1 N–H and O–H groups in total. The number of aliphatic imine (C=N–C) groups is 1. The molecule has 0 saturated carbocycles. The van der Waals surface area contributed by atoms with Crippen LogP contribution in [0.3, 0.4) is 0 Å². The average Bonchev–Trinajstić information content (AvgIpc) is 2.43. The van der Waals surface area contributed by atoms with Crippen LogP contribution in [0.25, 0.3) is 0 Å². The number of hydrogen-bond donors (Lipinski definition) is 1. The Labute approximate surface area is 125 Å². The van der Waals surface area contributed by atoms with Crippen molar-refractivity contribution in [3.8, 4) is 5.75 Å². The van der Waals surface area contributed by atoms with Crippen LogP contribution in [-0.2, 0) is 14.2 Å². The zero-order valence-electron chi connectivity index (χ0n) is 10.7. The second kappa shape index (κ2) is 11.7. The number of aromatic hydroxyl groups is 1. The van der Waals surface area contributed by atoms with Crippen LogP contribution in [0.5, 0.6) is 5.75 Å². The molecule has 0 saturated heterocycles. The van der Waals surface area contributed by atoms with Crippen molar-refractivity contribution in [2.75, 3.05) is 26.2 Å². The molecule has 0 heterocycles. The van der Waals surface area contributed by atoms with E-state index in [0.717, 1.165) is 31.7 Å². The van der Waals surface area contributed by atoms with Gasteiger partial charge in [-0.05, 0) is 25.2 Å². The fraction of sp³-hybridized carbons (Fsp3) is 0.462. The van der Waals surface area contributed by atoms with E-state index in [2.05, 4.69) is 52.1 Å². The summed E-state index contributed by atoms with van der Waals surface area (Å²) in [7, 11) is 0. The van der Waals surface area contributed by atoms with E-state index in [4.69, 9.17) is 0 Å². The molecule has 0 amide bonds. The molecule has 0 aromatic heterocycles. The Balaban J connectivity index is 0.00000137. The van der Waals surface area contributed by atoms with Gasteiger partial charge in [0.1, 0.15) is 5.75 Å². The average molecular weight is 364 g/mol. The summed E-state index contributed by atoms with van der Waals surface area (Å²) >= 11 is 6.50. The molecule has 0 radical (unpaired) electrons. The summed E-state index contributed by atoms with van der Waals surface area (Å²) in [5.41, 5.74) is 0.780. The Morgan fingerprint density at radius 2 is 1.89 bits per heavy atom. The molecule has 0 atom stereocenters. The predicted octanol–water partition coefficient (Wildman–Crippen LogP) is 3.00. The van der Waals surface area contributed by atoms with Gasteiger partial charge < -0.3 is 10.0 Å². The van der Waals surface area contributed by atoms with Crippen molar-refractivity contribution in [2.24, 2.45) is 4.99 Å². The quantitative estimate of drug-likeness (QED) is 0.623. The minimum absolute atomic E-state index is 0.286. The van der Waals surface area contributed by atoms with Gasteiger partial charge in [-0.3, -0.25) is 4.99 Å². The van der Waals surface area contributed by atoms with E-state index in [0.29, 0.717) is 0 Å². The van der Waals surface area contributed by atoms with Crippen molar-refractivity contribution < 1.29 is 19.3 Å². The maximum absolute atomic E-state index is 9.51. The van der Waals surface area contributed by atoms with Crippen LogP contribution >= 0.6 is 14.1 Å². The molecule has 0 spiro atoms. The summed E-state index contributed by atoms with van der Waals surface area (Å²) < 4.78 is 0. The Morgan fingerprint density at radius 1 is 1.28 bits per heavy atom. The van der Waals surface area contributed by atoms with Gasteiger partial charge in [0, 0.05) is 18.3 Å². The Kier molecular flexibility index (Phi) is 11.5. The van der Waals surface area contributed by atoms with Crippen LogP contribution in [0.2, 0.25) is 0 Å². The van der Waals surface area contributed by atoms with Crippen molar-refractivity contribution in [1.29, 1.82) is 0 Å².